The standard InChI is InChI=1S/C25H44O2/c1-18(12-17-26)8-9-21-24(5)15-10-19-22(2,3)13-7-14-23(19,4)20(24)11-16-25(21,6)27/h12,19-21,26-27H,7-11,13-17H2,1-6H3/b18-12-/t19-,20+,21-,23-,24+,25-/m0/s1. The van der Waals surface area contributed by atoms with Crippen LogP contribution in [-0.2, 0) is 0 Å². The van der Waals surface area contributed by atoms with Gasteiger partial charge in [0.05, 0.1) is 12.2 Å². The van der Waals surface area contributed by atoms with Crippen LogP contribution in [0.2, 0.25) is 0 Å². The first-order valence-corrected chi connectivity index (χ1v) is 11.5. The lowest BCUT2D eigenvalue weighted by molar-refractivity contribution is -0.211. The van der Waals surface area contributed by atoms with E-state index in [0.29, 0.717) is 16.7 Å². The molecule has 156 valence electrons. The van der Waals surface area contributed by atoms with Gasteiger partial charge in [-0.15, -0.1) is 0 Å². The zero-order valence-corrected chi connectivity index (χ0v) is 18.8. The van der Waals surface area contributed by atoms with E-state index in [2.05, 4.69) is 41.5 Å². The number of aliphatic hydroxyl groups excluding tert-OH is 1. The molecule has 3 fully saturated rings. The molecule has 0 aromatic carbocycles. The summed E-state index contributed by atoms with van der Waals surface area (Å²) in [5.74, 6) is 1.92. The van der Waals surface area contributed by atoms with Gasteiger partial charge in [-0.05, 0) is 99.2 Å². The normalized spacial score (nSPS) is 47.3. The van der Waals surface area contributed by atoms with E-state index in [4.69, 9.17) is 0 Å². The second-order valence-electron chi connectivity index (χ2n) is 11.7. The molecule has 0 saturated heterocycles. The first-order chi connectivity index (χ1) is 12.5. The Morgan fingerprint density at radius 2 is 1.59 bits per heavy atom. The third-order valence-corrected chi connectivity index (χ3v) is 9.59. The van der Waals surface area contributed by atoms with Crippen LogP contribution < -0.4 is 0 Å². The van der Waals surface area contributed by atoms with E-state index in [1.807, 2.05) is 6.08 Å². The second kappa shape index (κ2) is 7.17. The SMILES string of the molecule is C/C(=C/CO)CC[C@H]1[C@]2(C)CC[C@H]3C(C)(C)CCC[C@]3(C)[C@H]2CC[C@]1(C)O. The molecule has 3 saturated carbocycles. The van der Waals surface area contributed by atoms with Crippen LogP contribution in [0.3, 0.4) is 0 Å². The molecule has 2 nitrogen and oxygen atoms in total. The van der Waals surface area contributed by atoms with Crippen LogP contribution in [0.1, 0.15) is 99.3 Å². The maximum Gasteiger partial charge on any atom is 0.0653 e. The molecule has 3 rings (SSSR count). The summed E-state index contributed by atoms with van der Waals surface area (Å²) in [6.45, 7) is 14.5. The first kappa shape index (κ1) is 21.4. The molecule has 3 aliphatic rings. The molecule has 0 spiro atoms. The van der Waals surface area contributed by atoms with Crippen molar-refractivity contribution in [2.45, 2.75) is 105 Å². The first-order valence-electron chi connectivity index (χ1n) is 11.5. The maximum absolute atomic E-state index is 11.4. The number of aliphatic hydroxyl groups is 2. The molecule has 0 aromatic rings. The third kappa shape index (κ3) is 3.54. The quantitative estimate of drug-likeness (QED) is 0.581. The average Bonchev–Trinajstić information content (AvgIpc) is 2.52. The molecule has 6 atom stereocenters. The summed E-state index contributed by atoms with van der Waals surface area (Å²) in [6.07, 6.45) is 12.8. The van der Waals surface area contributed by atoms with E-state index in [-0.39, 0.29) is 12.0 Å². The zero-order chi connectivity index (χ0) is 20.1. The van der Waals surface area contributed by atoms with Crippen molar-refractivity contribution in [1.82, 2.24) is 0 Å². The van der Waals surface area contributed by atoms with Crippen molar-refractivity contribution in [3.8, 4) is 0 Å². The predicted octanol–water partition coefficient (Wildman–Crippen LogP) is 6.12. The van der Waals surface area contributed by atoms with Gasteiger partial charge in [0, 0.05) is 0 Å². The van der Waals surface area contributed by atoms with Gasteiger partial charge in [-0.2, -0.15) is 0 Å². The Bertz CT molecular complexity index is 575. The van der Waals surface area contributed by atoms with Gasteiger partial charge in [0.1, 0.15) is 0 Å². The number of hydrogen-bond donors (Lipinski definition) is 2. The van der Waals surface area contributed by atoms with Crippen LogP contribution in [0.15, 0.2) is 11.6 Å². The molecule has 0 heterocycles. The number of rotatable bonds is 4. The summed E-state index contributed by atoms with van der Waals surface area (Å²) in [4.78, 5) is 0. The molecule has 2 heteroatoms. The molecule has 0 aromatic heterocycles. The molecule has 0 radical (unpaired) electrons. The largest absolute Gasteiger partial charge is 0.392 e. The Morgan fingerprint density at radius 3 is 2.26 bits per heavy atom. The van der Waals surface area contributed by atoms with E-state index >= 15 is 0 Å². The highest BCUT2D eigenvalue weighted by Crippen LogP contribution is 2.70. The molecular formula is C25H44O2. The maximum atomic E-state index is 11.4. The van der Waals surface area contributed by atoms with Crippen molar-refractivity contribution in [1.29, 1.82) is 0 Å². The van der Waals surface area contributed by atoms with Crippen molar-refractivity contribution in [3.05, 3.63) is 11.6 Å². The third-order valence-electron chi connectivity index (χ3n) is 9.59. The molecule has 0 bridgehead atoms. The van der Waals surface area contributed by atoms with Crippen LogP contribution in [0.25, 0.3) is 0 Å². The number of hydrogen-bond acceptors (Lipinski definition) is 2. The summed E-state index contributed by atoms with van der Waals surface area (Å²) >= 11 is 0. The smallest absolute Gasteiger partial charge is 0.0653 e. The van der Waals surface area contributed by atoms with Gasteiger partial charge in [0.15, 0.2) is 0 Å². The molecule has 0 aliphatic heterocycles. The molecule has 3 aliphatic carbocycles. The monoisotopic (exact) mass is 376 g/mol. The van der Waals surface area contributed by atoms with Gasteiger partial charge >= 0.3 is 0 Å². The molecule has 0 unspecified atom stereocenters. The number of allylic oxidation sites excluding steroid dienone is 1. The van der Waals surface area contributed by atoms with Crippen molar-refractivity contribution in [2.24, 2.45) is 34.0 Å². The Labute approximate surface area is 167 Å². The minimum Gasteiger partial charge on any atom is -0.392 e. The molecular weight excluding hydrogens is 332 g/mol. The van der Waals surface area contributed by atoms with Crippen LogP contribution in [0.5, 0.6) is 0 Å². The molecule has 27 heavy (non-hydrogen) atoms. The highest BCUT2D eigenvalue weighted by atomic mass is 16.3. The fourth-order valence-electron chi connectivity index (χ4n) is 8.35. The topological polar surface area (TPSA) is 40.5 Å². The Kier molecular flexibility index (Phi) is 5.67. The number of fused-ring (bicyclic) bond motifs is 3. The van der Waals surface area contributed by atoms with Gasteiger partial charge in [-0.1, -0.05) is 45.8 Å². The second-order valence-corrected chi connectivity index (χ2v) is 11.7. The van der Waals surface area contributed by atoms with E-state index in [1.165, 1.54) is 44.1 Å². The lowest BCUT2D eigenvalue weighted by Gasteiger charge is -2.67. The van der Waals surface area contributed by atoms with E-state index in [1.54, 1.807) is 0 Å². The van der Waals surface area contributed by atoms with E-state index in [0.717, 1.165) is 31.1 Å². The average molecular weight is 377 g/mol. The van der Waals surface area contributed by atoms with Gasteiger partial charge in [-0.3, -0.25) is 0 Å². The summed E-state index contributed by atoms with van der Waals surface area (Å²) in [5.41, 5.74) is 1.83. The minimum atomic E-state index is -0.557. The van der Waals surface area contributed by atoms with E-state index < -0.39 is 5.60 Å². The minimum absolute atomic E-state index is 0.127. The van der Waals surface area contributed by atoms with Crippen LogP contribution in [0.4, 0.5) is 0 Å². The summed E-state index contributed by atoms with van der Waals surface area (Å²) < 4.78 is 0. The van der Waals surface area contributed by atoms with Crippen LogP contribution in [-0.4, -0.2) is 22.4 Å². The summed E-state index contributed by atoms with van der Waals surface area (Å²) in [7, 11) is 0. The highest BCUT2D eigenvalue weighted by molar-refractivity contribution is 5.13. The van der Waals surface area contributed by atoms with Crippen LogP contribution >= 0.6 is 0 Å². The van der Waals surface area contributed by atoms with Crippen molar-refractivity contribution in [2.75, 3.05) is 6.61 Å². The van der Waals surface area contributed by atoms with Gasteiger partial charge in [0.2, 0.25) is 0 Å². The molecule has 0 amide bonds. The predicted molar refractivity (Wildman–Crippen MR) is 113 cm³/mol. The highest BCUT2D eigenvalue weighted by Gasteiger charge is 2.63. The van der Waals surface area contributed by atoms with Crippen molar-refractivity contribution in [3.63, 3.8) is 0 Å². The fraction of sp³-hybridized carbons (Fsp3) is 0.920. The Morgan fingerprint density at radius 1 is 0.926 bits per heavy atom. The van der Waals surface area contributed by atoms with Gasteiger partial charge in [-0.25, -0.2) is 0 Å². The summed E-state index contributed by atoms with van der Waals surface area (Å²) in [5, 5.41) is 20.6. The Hall–Kier alpha value is -0.340. The lowest BCUT2D eigenvalue weighted by Crippen LogP contribution is -2.62. The zero-order valence-electron chi connectivity index (χ0n) is 18.8. The van der Waals surface area contributed by atoms with Crippen LogP contribution in [0, 0.1) is 34.0 Å². The van der Waals surface area contributed by atoms with Gasteiger partial charge in [0.25, 0.3) is 0 Å². The van der Waals surface area contributed by atoms with Crippen molar-refractivity contribution < 1.29 is 10.2 Å². The lowest BCUT2D eigenvalue weighted by atomic mass is 9.38. The Balaban J connectivity index is 1.91. The summed E-state index contributed by atoms with van der Waals surface area (Å²) in [6, 6.07) is 0. The van der Waals surface area contributed by atoms with E-state index in [9.17, 15) is 10.2 Å². The van der Waals surface area contributed by atoms with Crippen molar-refractivity contribution >= 4 is 0 Å². The molecule has 2 N–H and O–H groups in total. The van der Waals surface area contributed by atoms with Gasteiger partial charge < -0.3 is 10.2 Å². The fourth-order valence-corrected chi connectivity index (χ4v) is 8.35.